The number of rotatable bonds is 8. The van der Waals surface area contributed by atoms with E-state index in [1.54, 1.807) is 36.4 Å². The predicted octanol–water partition coefficient (Wildman–Crippen LogP) is 3.20. The normalized spacial score (nSPS) is 10.3. The minimum Gasteiger partial charge on any atom is -0.494 e. The summed E-state index contributed by atoms with van der Waals surface area (Å²) in [7, 11) is 3.00. The second kappa shape index (κ2) is 10.2. The molecule has 0 saturated carbocycles. The van der Waals surface area contributed by atoms with Crippen molar-refractivity contribution in [3.8, 4) is 17.2 Å². The summed E-state index contributed by atoms with van der Waals surface area (Å²) >= 11 is 0. The van der Waals surface area contributed by atoms with Crippen LogP contribution in [0.1, 0.15) is 41.0 Å². The molecule has 0 aliphatic carbocycles. The van der Waals surface area contributed by atoms with Gasteiger partial charge in [-0.25, -0.2) is 0 Å². The maximum absolute atomic E-state index is 12.3. The van der Waals surface area contributed by atoms with E-state index in [1.807, 2.05) is 0 Å². The van der Waals surface area contributed by atoms with Gasteiger partial charge in [0.05, 0.1) is 20.8 Å². The van der Waals surface area contributed by atoms with Crippen molar-refractivity contribution >= 4 is 11.8 Å². The molecule has 28 heavy (non-hydrogen) atoms. The Labute approximate surface area is 165 Å². The lowest BCUT2D eigenvalue weighted by molar-refractivity contribution is 0.0846. The number of ether oxygens (including phenoxy) is 3. The summed E-state index contributed by atoms with van der Waals surface area (Å²) in [5.74, 6) is 1.17. The summed E-state index contributed by atoms with van der Waals surface area (Å²) in [5, 5.41) is 0. The predicted molar refractivity (Wildman–Crippen MR) is 106 cm³/mol. The number of amides is 2. The van der Waals surface area contributed by atoms with E-state index in [2.05, 4.69) is 24.7 Å². The maximum atomic E-state index is 12.3. The molecule has 2 aromatic rings. The second-order valence-electron chi connectivity index (χ2n) is 6.54. The zero-order valence-corrected chi connectivity index (χ0v) is 16.6. The molecule has 0 aromatic heterocycles. The number of hydrogen-bond acceptors (Lipinski definition) is 5. The van der Waals surface area contributed by atoms with E-state index in [9.17, 15) is 9.59 Å². The van der Waals surface area contributed by atoms with Gasteiger partial charge in [0.25, 0.3) is 11.8 Å². The Bertz CT molecular complexity index is 820. The first-order valence-corrected chi connectivity index (χ1v) is 9.00. The van der Waals surface area contributed by atoms with Crippen molar-refractivity contribution in [2.24, 2.45) is 5.92 Å². The highest BCUT2D eigenvalue weighted by molar-refractivity contribution is 5.99. The Morgan fingerprint density at radius 2 is 1.54 bits per heavy atom. The van der Waals surface area contributed by atoms with Gasteiger partial charge in [0, 0.05) is 11.1 Å². The van der Waals surface area contributed by atoms with Gasteiger partial charge in [-0.05, 0) is 48.7 Å². The second-order valence-corrected chi connectivity index (χ2v) is 6.54. The number of nitrogens with one attached hydrogen (secondary N) is 2. The first-order valence-electron chi connectivity index (χ1n) is 9.00. The Kier molecular flexibility index (Phi) is 7.68. The van der Waals surface area contributed by atoms with E-state index in [1.165, 1.54) is 20.3 Å². The number of carbonyl (C=O) groups is 2. The molecular weight excluding hydrogens is 360 g/mol. The lowest BCUT2D eigenvalue weighted by Crippen LogP contribution is -2.41. The van der Waals surface area contributed by atoms with E-state index in [0.717, 1.165) is 6.42 Å². The van der Waals surface area contributed by atoms with Gasteiger partial charge in [-0.2, -0.15) is 0 Å². The van der Waals surface area contributed by atoms with Gasteiger partial charge in [0.1, 0.15) is 5.75 Å². The summed E-state index contributed by atoms with van der Waals surface area (Å²) in [4.78, 5) is 24.6. The summed E-state index contributed by atoms with van der Waals surface area (Å²) < 4.78 is 16.0. The molecule has 0 aliphatic rings. The van der Waals surface area contributed by atoms with Crippen LogP contribution in [-0.4, -0.2) is 32.6 Å². The van der Waals surface area contributed by atoms with Crippen LogP contribution in [0, 0.1) is 5.92 Å². The molecule has 0 fully saturated rings. The molecule has 7 heteroatoms. The van der Waals surface area contributed by atoms with Gasteiger partial charge in [0.2, 0.25) is 0 Å². The number of carbonyl (C=O) groups excluding carboxylic acids is 2. The first kappa shape index (κ1) is 21.1. The average molecular weight is 386 g/mol. The fraction of sp³-hybridized carbons (Fsp3) is 0.333. The molecule has 0 atom stereocenters. The molecule has 0 aliphatic heterocycles. The fourth-order valence-electron chi connectivity index (χ4n) is 2.37. The van der Waals surface area contributed by atoms with Crippen molar-refractivity contribution < 1.29 is 23.8 Å². The van der Waals surface area contributed by atoms with Crippen molar-refractivity contribution in [1.82, 2.24) is 10.9 Å². The van der Waals surface area contributed by atoms with Crippen LogP contribution in [0.3, 0.4) is 0 Å². The van der Waals surface area contributed by atoms with Gasteiger partial charge in [0.15, 0.2) is 11.5 Å². The fourth-order valence-corrected chi connectivity index (χ4v) is 2.37. The lowest BCUT2D eigenvalue weighted by Gasteiger charge is -2.11. The van der Waals surface area contributed by atoms with E-state index < -0.39 is 11.8 Å². The van der Waals surface area contributed by atoms with Gasteiger partial charge in [-0.15, -0.1) is 0 Å². The third-order valence-corrected chi connectivity index (χ3v) is 4.00. The van der Waals surface area contributed by atoms with Crippen LogP contribution in [0.4, 0.5) is 0 Å². The molecule has 0 unspecified atom stereocenters. The van der Waals surface area contributed by atoms with Crippen LogP contribution in [0.15, 0.2) is 42.5 Å². The Balaban J connectivity index is 1.95. The molecule has 0 radical (unpaired) electrons. The standard InChI is InChI=1S/C21H26N2O5/c1-14(2)10-11-28-17-7-5-6-15(12-17)20(24)22-23-21(25)16-8-9-18(26-3)19(13-16)27-4/h5-9,12-14H,10-11H2,1-4H3,(H,22,24)(H,23,25). The summed E-state index contributed by atoms with van der Waals surface area (Å²) in [6.07, 6.45) is 0.928. The Hall–Kier alpha value is -3.22. The molecule has 2 N–H and O–H groups in total. The zero-order chi connectivity index (χ0) is 20.5. The molecule has 150 valence electrons. The van der Waals surface area contributed by atoms with Crippen LogP contribution < -0.4 is 25.1 Å². The average Bonchev–Trinajstić information content (AvgIpc) is 2.71. The first-order chi connectivity index (χ1) is 13.4. The van der Waals surface area contributed by atoms with E-state index in [4.69, 9.17) is 14.2 Å². The molecule has 7 nitrogen and oxygen atoms in total. The smallest absolute Gasteiger partial charge is 0.269 e. The molecule has 0 spiro atoms. The Morgan fingerprint density at radius 1 is 0.893 bits per heavy atom. The minimum absolute atomic E-state index is 0.323. The van der Waals surface area contributed by atoms with Gasteiger partial charge < -0.3 is 14.2 Å². The van der Waals surface area contributed by atoms with Crippen LogP contribution >= 0.6 is 0 Å². The van der Waals surface area contributed by atoms with Gasteiger partial charge >= 0.3 is 0 Å². The number of methoxy groups -OCH3 is 2. The van der Waals surface area contributed by atoms with E-state index in [-0.39, 0.29) is 0 Å². The monoisotopic (exact) mass is 386 g/mol. The third kappa shape index (κ3) is 5.90. The summed E-state index contributed by atoms with van der Waals surface area (Å²) in [6.45, 7) is 4.82. The SMILES string of the molecule is COc1ccc(C(=O)NNC(=O)c2cccc(OCCC(C)C)c2)cc1OC. The van der Waals surface area contributed by atoms with Crippen LogP contribution in [0.5, 0.6) is 17.2 Å². The highest BCUT2D eigenvalue weighted by Gasteiger charge is 2.13. The molecule has 2 aromatic carbocycles. The summed E-state index contributed by atoms with van der Waals surface area (Å²) in [5.41, 5.74) is 5.49. The molecule has 0 saturated heterocycles. The van der Waals surface area contributed by atoms with Crippen molar-refractivity contribution in [3.63, 3.8) is 0 Å². The van der Waals surface area contributed by atoms with Gasteiger partial charge in [-0.1, -0.05) is 19.9 Å². The molecular formula is C21H26N2O5. The topological polar surface area (TPSA) is 85.9 Å². The summed E-state index contributed by atoms with van der Waals surface area (Å²) in [6, 6.07) is 11.5. The minimum atomic E-state index is -0.473. The highest BCUT2D eigenvalue weighted by Crippen LogP contribution is 2.27. The molecule has 0 bridgehead atoms. The number of hydrogen-bond donors (Lipinski definition) is 2. The van der Waals surface area contributed by atoms with Crippen molar-refractivity contribution in [2.75, 3.05) is 20.8 Å². The Morgan fingerprint density at radius 3 is 2.14 bits per heavy atom. The number of benzene rings is 2. The third-order valence-electron chi connectivity index (χ3n) is 4.00. The van der Waals surface area contributed by atoms with Crippen LogP contribution in [-0.2, 0) is 0 Å². The van der Waals surface area contributed by atoms with E-state index >= 15 is 0 Å². The van der Waals surface area contributed by atoms with Crippen molar-refractivity contribution in [1.29, 1.82) is 0 Å². The largest absolute Gasteiger partial charge is 0.494 e. The van der Waals surface area contributed by atoms with E-state index in [0.29, 0.717) is 40.9 Å². The number of hydrazine groups is 1. The molecule has 0 heterocycles. The lowest BCUT2D eigenvalue weighted by atomic mass is 10.1. The quantitative estimate of drug-likeness (QED) is 0.681. The zero-order valence-electron chi connectivity index (χ0n) is 16.6. The van der Waals surface area contributed by atoms with Crippen LogP contribution in [0.2, 0.25) is 0 Å². The van der Waals surface area contributed by atoms with Crippen molar-refractivity contribution in [2.45, 2.75) is 20.3 Å². The van der Waals surface area contributed by atoms with Crippen LogP contribution in [0.25, 0.3) is 0 Å². The molecule has 2 rings (SSSR count). The highest BCUT2D eigenvalue weighted by atomic mass is 16.5. The molecule has 2 amide bonds. The maximum Gasteiger partial charge on any atom is 0.269 e. The van der Waals surface area contributed by atoms with Gasteiger partial charge in [-0.3, -0.25) is 20.4 Å². The van der Waals surface area contributed by atoms with Crippen molar-refractivity contribution in [3.05, 3.63) is 53.6 Å².